The van der Waals surface area contributed by atoms with Crippen molar-refractivity contribution in [1.29, 1.82) is 0 Å². The number of hydrogen-bond donors (Lipinski definition) is 3. The van der Waals surface area contributed by atoms with Crippen LogP contribution < -0.4 is 16.0 Å². The van der Waals surface area contributed by atoms with Crippen molar-refractivity contribution in [3.63, 3.8) is 0 Å². The molecule has 0 aliphatic rings. The van der Waals surface area contributed by atoms with Gasteiger partial charge in [0, 0.05) is 19.0 Å². The number of likely N-dealkylation sites (N-methyl/N-ethyl adjacent to an activating group) is 1. The van der Waals surface area contributed by atoms with Crippen molar-refractivity contribution >= 4 is 28.2 Å². The molecule has 6 nitrogen and oxygen atoms in total. The van der Waals surface area contributed by atoms with Gasteiger partial charge in [-0.05, 0) is 18.1 Å². The monoisotopic (exact) mass is 275 g/mol. The maximum atomic E-state index is 11.8. The first kappa shape index (κ1) is 14.2. The van der Waals surface area contributed by atoms with Crippen molar-refractivity contribution in [2.75, 3.05) is 30.8 Å². The van der Waals surface area contributed by atoms with Crippen molar-refractivity contribution in [3.05, 3.63) is 18.3 Å². The van der Waals surface area contributed by atoms with E-state index in [4.69, 9.17) is 5.73 Å². The molecule has 0 aliphatic heterocycles. The Labute approximate surface area is 118 Å². The van der Waals surface area contributed by atoms with Gasteiger partial charge >= 0.3 is 0 Å². The number of benzene rings is 1. The second-order valence-corrected chi connectivity index (χ2v) is 5.42. The molecule has 1 aromatic carbocycles. The van der Waals surface area contributed by atoms with Gasteiger partial charge in [0.1, 0.15) is 0 Å². The minimum atomic E-state index is -0.00897. The average Bonchev–Trinajstić information content (AvgIpc) is 2.82. The molecule has 0 atom stereocenters. The van der Waals surface area contributed by atoms with Crippen molar-refractivity contribution in [2.45, 2.75) is 13.8 Å². The number of carbonyl (C=O) groups excluding carboxylic acids is 1. The molecule has 0 fully saturated rings. The lowest BCUT2D eigenvalue weighted by atomic mass is 10.2. The molecule has 0 unspecified atom stereocenters. The Morgan fingerprint density at radius 3 is 2.95 bits per heavy atom. The Hall–Kier alpha value is -2.24. The lowest BCUT2D eigenvalue weighted by molar-refractivity contribution is -0.119. The molecule has 2 rings (SSSR count). The van der Waals surface area contributed by atoms with E-state index in [0.29, 0.717) is 18.2 Å². The molecule has 1 amide bonds. The van der Waals surface area contributed by atoms with Crippen LogP contribution in [0.2, 0.25) is 0 Å². The van der Waals surface area contributed by atoms with Crippen LogP contribution in [0.5, 0.6) is 0 Å². The molecule has 1 aromatic heterocycles. The van der Waals surface area contributed by atoms with Gasteiger partial charge in [-0.15, -0.1) is 0 Å². The summed E-state index contributed by atoms with van der Waals surface area (Å²) >= 11 is 0. The number of H-pyrrole nitrogens is 1. The van der Waals surface area contributed by atoms with Crippen LogP contribution in [0, 0.1) is 5.92 Å². The Morgan fingerprint density at radius 1 is 1.50 bits per heavy atom. The summed E-state index contributed by atoms with van der Waals surface area (Å²) in [5.74, 6) is 0.431. The van der Waals surface area contributed by atoms with E-state index in [1.54, 1.807) is 6.20 Å². The summed E-state index contributed by atoms with van der Waals surface area (Å²) in [4.78, 5) is 13.7. The van der Waals surface area contributed by atoms with E-state index < -0.39 is 0 Å². The van der Waals surface area contributed by atoms with Crippen LogP contribution in [0.15, 0.2) is 18.3 Å². The van der Waals surface area contributed by atoms with E-state index in [1.165, 1.54) is 0 Å². The van der Waals surface area contributed by atoms with Crippen LogP contribution in [-0.2, 0) is 4.79 Å². The third-order valence-electron chi connectivity index (χ3n) is 3.09. The number of hydrogen-bond acceptors (Lipinski definition) is 4. The fraction of sp³-hybridized carbons (Fsp3) is 0.429. The Balaban J connectivity index is 2.08. The molecular weight excluding hydrogens is 254 g/mol. The molecule has 0 radical (unpaired) electrons. The summed E-state index contributed by atoms with van der Waals surface area (Å²) in [7, 11) is 1.85. The Kier molecular flexibility index (Phi) is 4.12. The first-order chi connectivity index (χ1) is 9.47. The minimum absolute atomic E-state index is 0.00897. The second kappa shape index (κ2) is 5.81. The highest BCUT2D eigenvalue weighted by molar-refractivity contribution is 5.90. The zero-order valence-corrected chi connectivity index (χ0v) is 12.1. The molecule has 0 saturated heterocycles. The Bertz CT molecular complexity index is 605. The number of nitrogens with zero attached hydrogens (tertiary/aromatic N) is 2. The van der Waals surface area contributed by atoms with E-state index in [2.05, 4.69) is 29.4 Å². The molecule has 2 aromatic rings. The summed E-state index contributed by atoms with van der Waals surface area (Å²) in [5.41, 5.74) is 8.39. The van der Waals surface area contributed by atoms with E-state index in [0.717, 1.165) is 16.6 Å². The molecule has 0 bridgehead atoms. The quantitative estimate of drug-likeness (QED) is 0.719. The SMILES string of the molecule is CC(C)CNC(=O)CN(C)c1cc2[nH]ncc2cc1N. The molecule has 6 heteroatoms. The fourth-order valence-corrected chi connectivity index (χ4v) is 2.00. The van der Waals surface area contributed by atoms with Crippen molar-refractivity contribution in [2.24, 2.45) is 5.92 Å². The number of anilines is 2. The molecule has 108 valence electrons. The van der Waals surface area contributed by atoms with E-state index in [-0.39, 0.29) is 12.5 Å². The number of rotatable bonds is 5. The van der Waals surface area contributed by atoms with Crippen molar-refractivity contribution in [1.82, 2.24) is 15.5 Å². The highest BCUT2D eigenvalue weighted by Crippen LogP contribution is 2.27. The van der Waals surface area contributed by atoms with Gasteiger partial charge in [0.05, 0.1) is 29.6 Å². The predicted octanol–water partition coefficient (Wildman–Crippen LogP) is 1.35. The zero-order chi connectivity index (χ0) is 14.7. The number of aromatic amines is 1. The van der Waals surface area contributed by atoms with Crippen LogP contribution >= 0.6 is 0 Å². The second-order valence-electron chi connectivity index (χ2n) is 5.42. The molecule has 20 heavy (non-hydrogen) atoms. The summed E-state index contributed by atoms with van der Waals surface area (Å²) in [5, 5.41) is 10.7. The third-order valence-corrected chi connectivity index (χ3v) is 3.09. The van der Waals surface area contributed by atoms with Gasteiger partial charge in [-0.25, -0.2) is 0 Å². The number of aromatic nitrogens is 2. The van der Waals surface area contributed by atoms with Crippen molar-refractivity contribution in [3.8, 4) is 0 Å². The number of nitrogens with two attached hydrogens (primary N) is 1. The molecule has 0 spiro atoms. The maximum absolute atomic E-state index is 11.8. The highest BCUT2D eigenvalue weighted by Gasteiger charge is 2.12. The molecule has 0 aliphatic carbocycles. The topological polar surface area (TPSA) is 87.0 Å². The lowest BCUT2D eigenvalue weighted by Crippen LogP contribution is -2.37. The smallest absolute Gasteiger partial charge is 0.239 e. The van der Waals surface area contributed by atoms with Gasteiger partial charge in [-0.1, -0.05) is 13.8 Å². The normalized spacial score (nSPS) is 11.0. The van der Waals surface area contributed by atoms with Gasteiger partial charge in [-0.2, -0.15) is 5.10 Å². The Morgan fingerprint density at radius 2 is 2.25 bits per heavy atom. The third kappa shape index (κ3) is 3.20. The summed E-state index contributed by atoms with van der Waals surface area (Å²) < 4.78 is 0. The summed E-state index contributed by atoms with van der Waals surface area (Å²) in [6.07, 6.45) is 1.73. The number of nitrogen functional groups attached to an aromatic ring is 1. The van der Waals surface area contributed by atoms with Gasteiger partial charge < -0.3 is 16.0 Å². The number of amides is 1. The molecule has 0 saturated carbocycles. The number of fused-ring (bicyclic) bond motifs is 1. The number of carbonyl (C=O) groups is 1. The summed E-state index contributed by atoms with van der Waals surface area (Å²) in [6.45, 7) is 5.08. The largest absolute Gasteiger partial charge is 0.397 e. The van der Waals surface area contributed by atoms with Crippen LogP contribution in [0.3, 0.4) is 0 Å². The fourth-order valence-electron chi connectivity index (χ4n) is 2.00. The predicted molar refractivity (Wildman–Crippen MR) is 81.6 cm³/mol. The number of nitrogens with one attached hydrogen (secondary N) is 2. The summed E-state index contributed by atoms with van der Waals surface area (Å²) in [6, 6.07) is 3.77. The van der Waals surface area contributed by atoms with Gasteiger partial charge in [-0.3, -0.25) is 9.89 Å². The van der Waals surface area contributed by atoms with Crippen molar-refractivity contribution < 1.29 is 4.79 Å². The van der Waals surface area contributed by atoms with Gasteiger partial charge in [0.15, 0.2) is 0 Å². The standard InChI is InChI=1S/C14H21N5O/c1-9(2)6-16-14(20)8-19(3)13-5-12-10(4-11(13)15)7-17-18-12/h4-5,7,9H,6,8,15H2,1-3H3,(H,16,20)(H,17,18). The highest BCUT2D eigenvalue weighted by atomic mass is 16.2. The van der Waals surface area contributed by atoms with Gasteiger partial charge in [0.2, 0.25) is 5.91 Å². The molecular formula is C14H21N5O. The van der Waals surface area contributed by atoms with E-state index in [1.807, 2.05) is 24.1 Å². The zero-order valence-electron chi connectivity index (χ0n) is 12.1. The van der Waals surface area contributed by atoms with Gasteiger partial charge in [0.25, 0.3) is 0 Å². The van der Waals surface area contributed by atoms with Crippen LogP contribution in [0.25, 0.3) is 10.9 Å². The van der Waals surface area contributed by atoms with Crippen LogP contribution in [-0.4, -0.2) is 36.2 Å². The van der Waals surface area contributed by atoms with E-state index >= 15 is 0 Å². The van der Waals surface area contributed by atoms with Crippen LogP contribution in [0.4, 0.5) is 11.4 Å². The first-order valence-corrected chi connectivity index (χ1v) is 6.68. The minimum Gasteiger partial charge on any atom is -0.397 e. The lowest BCUT2D eigenvalue weighted by Gasteiger charge is -2.21. The molecule has 1 heterocycles. The first-order valence-electron chi connectivity index (χ1n) is 6.68. The average molecular weight is 275 g/mol. The molecule has 4 N–H and O–H groups in total. The van der Waals surface area contributed by atoms with E-state index in [9.17, 15) is 4.79 Å². The van der Waals surface area contributed by atoms with Crippen LogP contribution in [0.1, 0.15) is 13.8 Å². The maximum Gasteiger partial charge on any atom is 0.239 e.